The zero-order valence-electron chi connectivity index (χ0n) is 23.6. The van der Waals surface area contributed by atoms with Gasteiger partial charge in [-0.15, -0.1) is 83.5 Å². The van der Waals surface area contributed by atoms with Crippen molar-refractivity contribution in [3.8, 4) is 44.5 Å². The molecule has 0 saturated carbocycles. The average molecular weight is 616 g/mol. The SMILES string of the molecule is Cc1[c-]c2ccccc(-c3ccccc3)c-2c1.Cc1[c-]c2ccccc(-c3ccccc3)c-2c1.Cl.Cl.[CH3-].[CH3-].[SiH2]=[Ti]. The second kappa shape index (κ2) is 18.7. The number of benzene rings is 2. The van der Waals surface area contributed by atoms with Gasteiger partial charge in [0, 0.05) is 0 Å². The minimum absolute atomic E-state index is 0. The molecule has 206 valence electrons. The molecular formula is C36H36Cl2SiTi-4. The Morgan fingerprint density at radius 3 is 1.10 bits per heavy atom. The van der Waals surface area contributed by atoms with E-state index in [1.807, 2.05) is 38.9 Å². The van der Waals surface area contributed by atoms with Gasteiger partial charge in [-0.3, -0.25) is 0 Å². The molecule has 0 fully saturated rings. The van der Waals surface area contributed by atoms with E-state index in [9.17, 15) is 0 Å². The van der Waals surface area contributed by atoms with Crippen molar-refractivity contribution >= 4 is 32.4 Å². The van der Waals surface area contributed by atoms with Crippen LogP contribution in [0.25, 0.3) is 44.5 Å². The summed E-state index contributed by atoms with van der Waals surface area (Å²) in [6.07, 6.45) is 0. The third-order valence-corrected chi connectivity index (χ3v) is 5.99. The molecule has 0 aliphatic heterocycles. The minimum atomic E-state index is 0. The van der Waals surface area contributed by atoms with Crippen LogP contribution in [0.5, 0.6) is 0 Å². The predicted molar refractivity (Wildman–Crippen MR) is 180 cm³/mol. The molecule has 0 radical (unpaired) electrons. The van der Waals surface area contributed by atoms with Crippen LogP contribution in [0.4, 0.5) is 0 Å². The molecule has 0 spiro atoms. The Morgan fingerprint density at radius 1 is 0.450 bits per heavy atom. The second-order valence-electron chi connectivity index (χ2n) is 8.56. The number of rotatable bonds is 2. The van der Waals surface area contributed by atoms with Gasteiger partial charge in [0.25, 0.3) is 0 Å². The fraction of sp³-hybridized carbons (Fsp3) is 0.0556. The van der Waals surface area contributed by atoms with Gasteiger partial charge in [0.05, 0.1) is 0 Å². The molecule has 2 aromatic rings. The van der Waals surface area contributed by atoms with E-state index < -0.39 is 0 Å². The Balaban J connectivity index is 0.000000655. The molecule has 4 aliphatic rings. The van der Waals surface area contributed by atoms with Crippen LogP contribution in [0.1, 0.15) is 11.1 Å². The molecule has 0 atom stereocenters. The van der Waals surface area contributed by atoms with E-state index >= 15 is 0 Å². The topological polar surface area (TPSA) is 0 Å². The molecule has 0 aromatic heterocycles. The second-order valence-corrected chi connectivity index (χ2v) is 8.56. The molecular weight excluding hydrogens is 579 g/mol. The van der Waals surface area contributed by atoms with Gasteiger partial charge >= 0.3 is 26.8 Å². The Bertz CT molecular complexity index is 1370. The zero-order valence-corrected chi connectivity index (χ0v) is 28.2. The van der Waals surface area contributed by atoms with Gasteiger partial charge < -0.3 is 14.9 Å². The van der Waals surface area contributed by atoms with Gasteiger partial charge in [-0.05, 0) is 11.1 Å². The third kappa shape index (κ3) is 9.20. The molecule has 0 bridgehead atoms. The summed E-state index contributed by atoms with van der Waals surface area (Å²) in [4.78, 5) is 0. The van der Waals surface area contributed by atoms with Gasteiger partial charge in [-0.25, -0.2) is 0 Å². The fourth-order valence-corrected chi connectivity index (χ4v) is 4.45. The predicted octanol–water partition coefficient (Wildman–Crippen LogP) is 9.96. The van der Waals surface area contributed by atoms with E-state index in [1.165, 1.54) is 55.6 Å². The third-order valence-electron chi connectivity index (χ3n) is 5.99. The molecule has 6 rings (SSSR count). The normalized spacial score (nSPS) is 9.12. The number of fused-ring (bicyclic) bond motifs is 2. The summed E-state index contributed by atoms with van der Waals surface area (Å²) in [6, 6.07) is 49.1. The van der Waals surface area contributed by atoms with E-state index in [2.05, 4.69) is 135 Å². The molecule has 0 heterocycles. The van der Waals surface area contributed by atoms with Crippen LogP contribution in [0.3, 0.4) is 0 Å². The standard InChI is InChI=1S/2C17H13.2CH3.2ClH.H2Si.Ti/c2*1-13-11-15-9-5-6-10-16(17(15)12-13)14-7-3-2-4-8-14;;;;;;/h2*2-10,12H,1H3;2*1H3;2*1H;1H2;/q4*-1;;;;. The van der Waals surface area contributed by atoms with Gasteiger partial charge in [-0.1, -0.05) is 110 Å². The van der Waals surface area contributed by atoms with Crippen molar-refractivity contribution < 1.29 is 19.2 Å². The summed E-state index contributed by atoms with van der Waals surface area (Å²) in [5, 5.41) is 0. The summed E-state index contributed by atoms with van der Waals surface area (Å²) >= 11 is 2.03. The average Bonchev–Trinajstić information content (AvgIpc) is 3.33. The molecule has 2 aromatic carbocycles. The first-order valence-electron chi connectivity index (χ1n) is 12.0. The van der Waals surface area contributed by atoms with Crippen molar-refractivity contribution in [1.82, 2.24) is 0 Å². The number of halogens is 2. The summed E-state index contributed by atoms with van der Waals surface area (Å²) in [6.45, 7) is 4.18. The van der Waals surface area contributed by atoms with Crippen LogP contribution in [0.2, 0.25) is 0 Å². The fourth-order valence-electron chi connectivity index (χ4n) is 4.45. The monoisotopic (exact) mass is 614 g/mol. The first kappa shape index (κ1) is 37.4. The quantitative estimate of drug-likeness (QED) is 0.134. The van der Waals surface area contributed by atoms with Gasteiger partial charge in [-0.2, -0.15) is 23.3 Å². The zero-order chi connectivity index (χ0) is 25.3. The Kier molecular flexibility index (Phi) is 17.4. The molecule has 0 amide bonds. The maximum atomic E-state index is 3.39. The van der Waals surface area contributed by atoms with Gasteiger partial charge in [0.2, 0.25) is 0 Å². The summed E-state index contributed by atoms with van der Waals surface area (Å²) in [5.41, 5.74) is 12.4. The molecule has 0 nitrogen and oxygen atoms in total. The van der Waals surface area contributed by atoms with Crippen LogP contribution in [-0.2, 0) is 19.2 Å². The van der Waals surface area contributed by atoms with Gasteiger partial charge in [0.1, 0.15) is 0 Å². The van der Waals surface area contributed by atoms with Crippen LogP contribution < -0.4 is 0 Å². The van der Waals surface area contributed by atoms with Crippen LogP contribution >= 0.6 is 24.8 Å². The van der Waals surface area contributed by atoms with Crippen molar-refractivity contribution in [3.63, 3.8) is 0 Å². The first-order chi connectivity index (χ1) is 17.7. The van der Waals surface area contributed by atoms with Crippen LogP contribution in [0, 0.1) is 40.8 Å². The summed E-state index contributed by atoms with van der Waals surface area (Å²) < 4.78 is 0. The van der Waals surface area contributed by atoms with E-state index in [0.29, 0.717) is 0 Å². The van der Waals surface area contributed by atoms with E-state index in [4.69, 9.17) is 0 Å². The molecule has 0 unspecified atom stereocenters. The van der Waals surface area contributed by atoms with Crippen LogP contribution in [0.15, 0.2) is 121 Å². The molecule has 40 heavy (non-hydrogen) atoms. The van der Waals surface area contributed by atoms with Crippen molar-refractivity contribution in [2.45, 2.75) is 13.8 Å². The summed E-state index contributed by atoms with van der Waals surface area (Å²) in [5.74, 6) is 0. The Labute approximate surface area is 267 Å². The molecule has 0 N–H and O–H groups in total. The Hall–Kier alpha value is -2.65. The van der Waals surface area contributed by atoms with Crippen molar-refractivity contribution in [2.75, 3.05) is 0 Å². The van der Waals surface area contributed by atoms with Crippen molar-refractivity contribution in [3.05, 3.63) is 159 Å². The number of hydrogen-bond donors (Lipinski definition) is 0. The van der Waals surface area contributed by atoms with Crippen LogP contribution in [-0.4, -0.2) is 7.63 Å². The maximum absolute atomic E-state index is 3.39. The van der Waals surface area contributed by atoms with E-state index in [-0.39, 0.29) is 39.7 Å². The number of hydrogen-bond acceptors (Lipinski definition) is 0. The van der Waals surface area contributed by atoms with E-state index in [0.717, 1.165) is 0 Å². The molecule has 4 aliphatic carbocycles. The Morgan fingerprint density at radius 2 is 0.750 bits per heavy atom. The summed E-state index contributed by atoms with van der Waals surface area (Å²) in [7, 11) is 1.86. The molecule has 4 heteroatoms. The van der Waals surface area contributed by atoms with Crippen molar-refractivity contribution in [1.29, 1.82) is 0 Å². The van der Waals surface area contributed by atoms with Crippen molar-refractivity contribution in [2.24, 2.45) is 0 Å². The number of aryl methyl sites for hydroxylation is 2. The molecule has 0 saturated heterocycles. The van der Waals surface area contributed by atoms with E-state index in [1.54, 1.807) is 0 Å². The van der Waals surface area contributed by atoms with Gasteiger partial charge in [0.15, 0.2) is 0 Å². The first-order valence-corrected chi connectivity index (χ1v) is 16.0.